The quantitative estimate of drug-likeness (QED) is 0.466. The molecule has 0 aliphatic heterocycles. The van der Waals surface area contributed by atoms with Gasteiger partial charge in [0.05, 0.1) is 10.9 Å². The molecule has 1 N–H and O–H groups in total. The molecule has 146 valence electrons. The summed E-state index contributed by atoms with van der Waals surface area (Å²) in [6.07, 6.45) is 4.78. The third-order valence-electron chi connectivity index (χ3n) is 4.25. The predicted octanol–water partition coefficient (Wildman–Crippen LogP) is 5.10. The van der Waals surface area contributed by atoms with Gasteiger partial charge in [0.25, 0.3) is 0 Å². The summed E-state index contributed by atoms with van der Waals surface area (Å²) >= 11 is 8.34. The predicted molar refractivity (Wildman–Crippen MR) is 113 cm³/mol. The standard InChI is InChI=1S/C19H23ClIN3O3/c1-19(2,3)27-18(25)23-12-4-6-13(7-5-12)26-17-14-8-11(21)10-22-15(14)9-16(20)24-17/h8-10,12-13H,4-7H2,1-3H3,(H,23,25)/t12-,13+. The van der Waals surface area contributed by atoms with Crippen LogP contribution >= 0.6 is 34.2 Å². The van der Waals surface area contributed by atoms with Crippen molar-refractivity contribution < 1.29 is 14.3 Å². The maximum absolute atomic E-state index is 11.9. The van der Waals surface area contributed by atoms with Crippen LogP contribution in [0, 0.1) is 3.57 Å². The van der Waals surface area contributed by atoms with Crippen molar-refractivity contribution in [3.8, 4) is 5.88 Å². The van der Waals surface area contributed by atoms with Gasteiger partial charge in [-0.3, -0.25) is 4.98 Å². The number of hydrogen-bond donors (Lipinski definition) is 1. The number of carbonyl (C=O) groups is 1. The summed E-state index contributed by atoms with van der Waals surface area (Å²) < 4.78 is 12.5. The van der Waals surface area contributed by atoms with E-state index in [1.54, 1.807) is 12.3 Å². The number of nitrogens with zero attached hydrogens (tertiary/aromatic N) is 2. The molecular weight excluding hydrogens is 481 g/mol. The summed E-state index contributed by atoms with van der Waals surface area (Å²) in [5, 5.41) is 4.17. The van der Waals surface area contributed by atoms with E-state index >= 15 is 0 Å². The van der Waals surface area contributed by atoms with Crippen molar-refractivity contribution in [1.29, 1.82) is 0 Å². The minimum absolute atomic E-state index is 0.0359. The number of alkyl carbamates (subject to hydrolysis) is 1. The van der Waals surface area contributed by atoms with Gasteiger partial charge >= 0.3 is 6.09 Å². The minimum atomic E-state index is -0.491. The average molecular weight is 504 g/mol. The third kappa shape index (κ3) is 5.81. The topological polar surface area (TPSA) is 73.3 Å². The van der Waals surface area contributed by atoms with E-state index in [2.05, 4.69) is 37.9 Å². The zero-order valence-corrected chi connectivity index (χ0v) is 18.5. The summed E-state index contributed by atoms with van der Waals surface area (Å²) in [7, 11) is 0. The lowest BCUT2D eigenvalue weighted by atomic mass is 9.93. The SMILES string of the molecule is CC(C)(C)OC(=O)N[C@H]1CC[C@@H](Oc2nc(Cl)cc3ncc(I)cc23)CC1. The molecular formula is C19H23ClIN3O3. The molecule has 2 aromatic rings. The number of nitrogens with one attached hydrogen (secondary N) is 1. The highest BCUT2D eigenvalue weighted by atomic mass is 127. The fraction of sp³-hybridized carbons (Fsp3) is 0.526. The highest BCUT2D eigenvalue weighted by molar-refractivity contribution is 14.1. The molecule has 2 aromatic heterocycles. The van der Waals surface area contributed by atoms with Crippen LogP contribution in [0.4, 0.5) is 4.79 Å². The van der Waals surface area contributed by atoms with E-state index in [0.717, 1.165) is 40.2 Å². The van der Waals surface area contributed by atoms with Crippen LogP contribution in [0.15, 0.2) is 18.3 Å². The van der Waals surface area contributed by atoms with E-state index in [-0.39, 0.29) is 18.2 Å². The van der Waals surface area contributed by atoms with E-state index in [4.69, 9.17) is 21.1 Å². The number of pyridine rings is 2. The molecule has 0 unspecified atom stereocenters. The van der Waals surface area contributed by atoms with Gasteiger partial charge in [0.15, 0.2) is 0 Å². The largest absolute Gasteiger partial charge is 0.474 e. The monoisotopic (exact) mass is 503 g/mol. The zero-order chi connectivity index (χ0) is 19.6. The Kier molecular flexibility index (Phi) is 6.30. The lowest BCUT2D eigenvalue weighted by molar-refractivity contribution is 0.0470. The first kappa shape index (κ1) is 20.4. The maximum Gasteiger partial charge on any atom is 0.407 e. The van der Waals surface area contributed by atoms with Gasteiger partial charge in [0, 0.05) is 21.9 Å². The Morgan fingerprint density at radius 1 is 1.26 bits per heavy atom. The second-order valence-electron chi connectivity index (χ2n) is 7.71. The molecule has 8 heteroatoms. The van der Waals surface area contributed by atoms with Crippen molar-refractivity contribution in [2.45, 2.75) is 64.2 Å². The van der Waals surface area contributed by atoms with Crippen LogP contribution < -0.4 is 10.1 Å². The Morgan fingerprint density at radius 3 is 2.63 bits per heavy atom. The van der Waals surface area contributed by atoms with Gasteiger partial charge in [0.1, 0.15) is 16.9 Å². The number of halogens is 2. The van der Waals surface area contributed by atoms with Crippen molar-refractivity contribution in [1.82, 2.24) is 15.3 Å². The molecule has 6 nitrogen and oxygen atoms in total. The molecule has 0 aromatic carbocycles. The second-order valence-corrected chi connectivity index (χ2v) is 9.34. The molecule has 0 bridgehead atoms. The molecule has 1 aliphatic rings. The fourth-order valence-corrected chi connectivity index (χ4v) is 3.72. The molecule has 0 saturated heterocycles. The van der Waals surface area contributed by atoms with Crippen LogP contribution in [-0.2, 0) is 4.74 Å². The first-order chi connectivity index (χ1) is 12.7. The first-order valence-corrected chi connectivity index (χ1v) is 10.4. The van der Waals surface area contributed by atoms with Crippen LogP contribution in [0.3, 0.4) is 0 Å². The summed E-state index contributed by atoms with van der Waals surface area (Å²) in [5.74, 6) is 0.520. The van der Waals surface area contributed by atoms with Crippen molar-refractivity contribution in [2.75, 3.05) is 0 Å². The molecule has 0 spiro atoms. The van der Waals surface area contributed by atoms with Crippen LogP contribution in [0.5, 0.6) is 5.88 Å². The number of ether oxygens (including phenoxy) is 2. The molecule has 1 fully saturated rings. The molecule has 2 heterocycles. The van der Waals surface area contributed by atoms with Crippen molar-refractivity contribution in [2.24, 2.45) is 0 Å². The zero-order valence-electron chi connectivity index (χ0n) is 15.6. The van der Waals surface area contributed by atoms with Crippen molar-refractivity contribution in [3.05, 3.63) is 27.1 Å². The Labute approximate surface area is 177 Å². The number of carbonyl (C=O) groups excluding carboxylic acids is 1. The summed E-state index contributed by atoms with van der Waals surface area (Å²) in [6, 6.07) is 3.84. The van der Waals surface area contributed by atoms with E-state index < -0.39 is 5.60 Å². The van der Waals surface area contributed by atoms with Crippen LogP contribution in [-0.4, -0.2) is 33.8 Å². The van der Waals surface area contributed by atoms with Crippen LogP contribution in [0.2, 0.25) is 5.15 Å². The van der Waals surface area contributed by atoms with Gasteiger partial charge in [-0.1, -0.05) is 11.6 Å². The summed E-state index contributed by atoms with van der Waals surface area (Å²) in [4.78, 5) is 20.7. The molecule has 1 amide bonds. The highest BCUT2D eigenvalue weighted by Gasteiger charge is 2.26. The Balaban J connectivity index is 1.61. The molecule has 1 aliphatic carbocycles. The van der Waals surface area contributed by atoms with E-state index in [1.807, 2.05) is 26.8 Å². The molecule has 3 rings (SSSR count). The van der Waals surface area contributed by atoms with Gasteiger partial charge in [-0.2, -0.15) is 0 Å². The van der Waals surface area contributed by atoms with E-state index in [9.17, 15) is 4.79 Å². The Morgan fingerprint density at radius 2 is 1.96 bits per heavy atom. The molecule has 0 radical (unpaired) electrons. The van der Waals surface area contributed by atoms with Crippen molar-refractivity contribution >= 4 is 51.2 Å². The first-order valence-electron chi connectivity index (χ1n) is 8.97. The number of rotatable bonds is 3. The lowest BCUT2D eigenvalue weighted by Gasteiger charge is -2.30. The fourth-order valence-electron chi connectivity index (χ4n) is 3.09. The molecule has 27 heavy (non-hydrogen) atoms. The van der Waals surface area contributed by atoms with Crippen LogP contribution in [0.25, 0.3) is 10.9 Å². The Bertz CT molecular complexity index is 833. The van der Waals surface area contributed by atoms with Gasteiger partial charge < -0.3 is 14.8 Å². The van der Waals surface area contributed by atoms with E-state index in [1.165, 1.54) is 0 Å². The number of amides is 1. The summed E-state index contributed by atoms with van der Waals surface area (Å²) in [6.45, 7) is 5.57. The minimum Gasteiger partial charge on any atom is -0.474 e. The molecule has 1 saturated carbocycles. The molecule has 0 atom stereocenters. The average Bonchev–Trinajstić information content (AvgIpc) is 2.55. The van der Waals surface area contributed by atoms with Crippen LogP contribution in [0.1, 0.15) is 46.5 Å². The van der Waals surface area contributed by atoms with Gasteiger partial charge in [-0.15, -0.1) is 0 Å². The van der Waals surface area contributed by atoms with Gasteiger partial charge in [-0.05, 0) is 75.1 Å². The highest BCUT2D eigenvalue weighted by Crippen LogP contribution is 2.30. The summed E-state index contributed by atoms with van der Waals surface area (Å²) in [5.41, 5.74) is 0.278. The number of hydrogen-bond acceptors (Lipinski definition) is 5. The van der Waals surface area contributed by atoms with Gasteiger partial charge in [-0.25, -0.2) is 9.78 Å². The third-order valence-corrected chi connectivity index (χ3v) is 5.04. The normalized spacial score (nSPS) is 20.3. The second kappa shape index (κ2) is 8.34. The number of aromatic nitrogens is 2. The van der Waals surface area contributed by atoms with E-state index in [0.29, 0.717) is 11.0 Å². The smallest absolute Gasteiger partial charge is 0.407 e. The van der Waals surface area contributed by atoms with Gasteiger partial charge in [0.2, 0.25) is 5.88 Å². The Hall–Kier alpha value is -1.35. The lowest BCUT2D eigenvalue weighted by Crippen LogP contribution is -2.42. The number of fused-ring (bicyclic) bond motifs is 1. The van der Waals surface area contributed by atoms with Crippen molar-refractivity contribution in [3.63, 3.8) is 0 Å². The maximum atomic E-state index is 11.9.